The van der Waals surface area contributed by atoms with E-state index in [9.17, 15) is 4.79 Å². The van der Waals surface area contributed by atoms with Gasteiger partial charge < -0.3 is 10.2 Å². The summed E-state index contributed by atoms with van der Waals surface area (Å²) in [5, 5.41) is 12.4. The molecule has 0 fully saturated rings. The SMILES string of the molecule is CN(C)c1cccc(-c2nnc(SCC(=O)Nc3ccccc3)n2-c2ccccc2)c1. The molecule has 0 saturated carbocycles. The van der Waals surface area contributed by atoms with Gasteiger partial charge in [0.05, 0.1) is 5.75 Å². The number of thioether (sulfide) groups is 1. The summed E-state index contributed by atoms with van der Waals surface area (Å²) in [6.45, 7) is 0. The van der Waals surface area contributed by atoms with E-state index in [-0.39, 0.29) is 11.7 Å². The molecule has 0 aliphatic heterocycles. The predicted molar refractivity (Wildman–Crippen MR) is 127 cm³/mol. The van der Waals surface area contributed by atoms with Gasteiger partial charge in [0.1, 0.15) is 0 Å². The lowest BCUT2D eigenvalue weighted by molar-refractivity contribution is -0.113. The van der Waals surface area contributed by atoms with Gasteiger partial charge in [-0.15, -0.1) is 10.2 Å². The molecule has 0 atom stereocenters. The molecule has 0 bridgehead atoms. The number of hydrogen-bond donors (Lipinski definition) is 1. The summed E-state index contributed by atoms with van der Waals surface area (Å²) in [7, 11) is 4.02. The van der Waals surface area contributed by atoms with Crippen LogP contribution in [0.5, 0.6) is 0 Å². The van der Waals surface area contributed by atoms with Crippen LogP contribution in [-0.2, 0) is 4.79 Å². The predicted octanol–water partition coefficient (Wildman–Crippen LogP) is 4.73. The van der Waals surface area contributed by atoms with Crippen molar-refractivity contribution in [2.75, 3.05) is 30.1 Å². The van der Waals surface area contributed by atoms with E-state index in [1.807, 2.05) is 91.5 Å². The van der Waals surface area contributed by atoms with Gasteiger partial charge in [-0.3, -0.25) is 9.36 Å². The fourth-order valence-corrected chi connectivity index (χ4v) is 3.88. The van der Waals surface area contributed by atoms with E-state index in [0.717, 1.165) is 28.5 Å². The molecule has 0 aliphatic carbocycles. The minimum atomic E-state index is -0.0880. The molecule has 4 rings (SSSR count). The van der Waals surface area contributed by atoms with Crippen LogP contribution in [0.2, 0.25) is 0 Å². The number of rotatable bonds is 7. The van der Waals surface area contributed by atoms with Crippen LogP contribution in [0.4, 0.5) is 11.4 Å². The molecule has 1 N–H and O–H groups in total. The zero-order chi connectivity index (χ0) is 21.6. The topological polar surface area (TPSA) is 63.1 Å². The number of anilines is 2. The molecule has 3 aromatic carbocycles. The molecule has 7 heteroatoms. The first kappa shape index (κ1) is 20.7. The van der Waals surface area contributed by atoms with Gasteiger partial charge in [0, 0.05) is 36.7 Å². The molecule has 0 unspecified atom stereocenters. The second kappa shape index (κ2) is 9.49. The van der Waals surface area contributed by atoms with Gasteiger partial charge in [0.25, 0.3) is 0 Å². The van der Waals surface area contributed by atoms with Gasteiger partial charge in [0.15, 0.2) is 11.0 Å². The summed E-state index contributed by atoms with van der Waals surface area (Å²) in [5.74, 6) is 0.883. The lowest BCUT2D eigenvalue weighted by Gasteiger charge is -2.14. The standard InChI is InChI=1S/C24H23N5OS/c1-28(2)21-15-9-10-18(16-21)23-26-27-24(29(23)20-13-7-4-8-14-20)31-17-22(30)25-19-11-5-3-6-12-19/h3-16H,17H2,1-2H3,(H,25,30). The molecule has 4 aromatic rings. The average Bonchev–Trinajstić information content (AvgIpc) is 3.23. The summed E-state index contributed by atoms with van der Waals surface area (Å²) in [5.41, 5.74) is 3.77. The van der Waals surface area contributed by atoms with Crippen molar-refractivity contribution < 1.29 is 4.79 Å². The number of carbonyl (C=O) groups is 1. The molecule has 1 amide bonds. The molecule has 0 aliphatic rings. The Labute approximate surface area is 185 Å². The van der Waals surface area contributed by atoms with Crippen molar-refractivity contribution in [3.8, 4) is 17.1 Å². The lowest BCUT2D eigenvalue weighted by Crippen LogP contribution is -2.14. The number of nitrogens with zero attached hydrogens (tertiary/aromatic N) is 4. The highest BCUT2D eigenvalue weighted by atomic mass is 32.2. The third-order valence-corrected chi connectivity index (χ3v) is 5.59. The van der Waals surface area contributed by atoms with E-state index in [1.165, 1.54) is 11.8 Å². The Kier molecular flexibility index (Phi) is 6.33. The van der Waals surface area contributed by atoms with E-state index in [4.69, 9.17) is 0 Å². The molecule has 1 aromatic heterocycles. The largest absolute Gasteiger partial charge is 0.378 e. The number of hydrogen-bond acceptors (Lipinski definition) is 5. The Morgan fingerprint density at radius 2 is 1.65 bits per heavy atom. The highest BCUT2D eigenvalue weighted by Gasteiger charge is 2.17. The Bertz CT molecular complexity index is 1160. The van der Waals surface area contributed by atoms with Gasteiger partial charge in [-0.05, 0) is 36.4 Å². The van der Waals surface area contributed by atoms with Gasteiger partial charge in [-0.1, -0.05) is 60.3 Å². The Morgan fingerprint density at radius 3 is 2.35 bits per heavy atom. The Hall–Kier alpha value is -3.58. The highest BCUT2D eigenvalue weighted by Crippen LogP contribution is 2.29. The average molecular weight is 430 g/mol. The smallest absolute Gasteiger partial charge is 0.234 e. The first-order valence-corrected chi connectivity index (χ1v) is 10.9. The molecular weight excluding hydrogens is 406 g/mol. The summed E-state index contributed by atoms with van der Waals surface area (Å²) in [4.78, 5) is 14.5. The first-order chi connectivity index (χ1) is 15.1. The van der Waals surface area contributed by atoms with Gasteiger partial charge in [-0.2, -0.15) is 0 Å². The summed E-state index contributed by atoms with van der Waals surface area (Å²) in [6, 6.07) is 27.5. The number of nitrogens with one attached hydrogen (secondary N) is 1. The van der Waals surface area contributed by atoms with Crippen LogP contribution in [0.1, 0.15) is 0 Å². The zero-order valence-electron chi connectivity index (χ0n) is 17.4. The number of benzene rings is 3. The van der Waals surface area contributed by atoms with Crippen molar-refractivity contribution in [2.24, 2.45) is 0 Å². The van der Waals surface area contributed by atoms with E-state index >= 15 is 0 Å². The fraction of sp³-hybridized carbons (Fsp3) is 0.125. The van der Waals surface area contributed by atoms with Gasteiger partial charge >= 0.3 is 0 Å². The van der Waals surface area contributed by atoms with Crippen molar-refractivity contribution in [2.45, 2.75) is 5.16 Å². The van der Waals surface area contributed by atoms with E-state index in [1.54, 1.807) is 0 Å². The normalized spacial score (nSPS) is 10.6. The van der Waals surface area contributed by atoms with Crippen molar-refractivity contribution in [1.29, 1.82) is 0 Å². The molecule has 31 heavy (non-hydrogen) atoms. The maximum Gasteiger partial charge on any atom is 0.234 e. The maximum atomic E-state index is 12.4. The molecule has 1 heterocycles. The third kappa shape index (κ3) is 4.95. The van der Waals surface area contributed by atoms with Crippen molar-refractivity contribution in [3.63, 3.8) is 0 Å². The third-order valence-electron chi connectivity index (χ3n) is 4.66. The molecule has 6 nitrogen and oxygen atoms in total. The maximum absolute atomic E-state index is 12.4. The quantitative estimate of drug-likeness (QED) is 0.430. The van der Waals surface area contributed by atoms with Crippen LogP contribution in [0.15, 0.2) is 90.1 Å². The van der Waals surface area contributed by atoms with Crippen molar-refractivity contribution in [1.82, 2.24) is 14.8 Å². The van der Waals surface area contributed by atoms with Crippen LogP contribution in [0.25, 0.3) is 17.1 Å². The van der Waals surface area contributed by atoms with Crippen LogP contribution < -0.4 is 10.2 Å². The molecule has 156 valence electrons. The minimum absolute atomic E-state index is 0.0880. The Balaban J connectivity index is 1.63. The number of aromatic nitrogens is 3. The number of para-hydroxylation sites is 2. The second-order valence-electron chi connectivity index (χ2n) is 7.12. The number of amides is 1. The van der Waals surface area contributed by atoms with Crippen molar-refractivity contribution in [3.05, 3.63) is 84.9 Å². The van der Waals surface area contributed by atoms with Crippen molar-refractivity contribution >= 4 is 29.0 Å². The number of carbonyl (C=O) groups excluding carboxylic acids is 1. The van der Waals surface area contributed by atoms with Gasteiger partial charge in [-0.25, -0.2) is 0 Å². The summed E-state index contributed by atoms with van der Waals surface area (Å²) >= 11 is 1.36. The first-order valence-electron chi connectivity index (χ1n) is 9.88. The zero-order valence-corrected chi connectivity index (χ0v) is 18.2. The van der Waals surface area contributed by atoms with E-state index < -0.39 is 0 Å². The highest BCUT2D eigenvalue weighted by molar-refractivity contribution is 7.99. The molecular formula is C24H23N5OS. The van der Waals surface area contributed by atoms with E-state index in [2.05, 4.69) is 32.5 Å². The van der Waals surface area contributed by atoms with E-state index in [0.29, 0.717) is 5.16 Å². The monoisotopic (exact) mass is 429 g/mol. The van der Waals surface area contributed by atoms with Gasteiger partial charge in [0.2, 0.25) is 5.91 Å². The second-order valence-corrected chi connectivity index (χ2v) is 8.07. The van der Waals surface area contributed by atoms with Crippen LogP contribution in [0, 0.1) is 0 Å². The molecule has 0 saturated heterocycles. The fourth-order valence-electron chi connectivity index (χ4n) is 3.13. The van der Waals surface area contributed by atoms with Crippen LogP contribution >= 0.6 is 11.8 Å². The summed E-state index contributed by atoms with van der Waals surface area (Å²) in [6.07, 6.45) is 0. The minimum Gasteiger partial charge on any atom is -0.378 e. The lowest BCUT2D eigenvalue weighted by atomic mass is 10.1. The molecule has 0 radical (unpaired) electrons. The van der Waals surface area contributed by atoms with Crippen LogP contribution in [-0.4, -0.2) is 40.5 Å². The molecule has 0 spiro atoms. The summed E-state index contributed by atoms with van der Waals surface area (Å²) < 4.78 is 2.00. The van der Waals surface area contributed by atoms with Crippen LogP contribution in [0.3, 0.4) is 0 Å². The Morgan fingerprint density at radius 1 is 0.935 bits per heavy atom.